The van der Waals surface area contributed by atoms with Crippen molar-refractivity contribution >= 4 is 17.5 Å². The van der Waals surface area contributed by atoms with E-state index in [0.29, 0.717) is 18.7 Å². The Labute approximate surface area is 120 Å². The van der Waals surface area contributed by atoms with E-state index in [2.05, 4.69) is 5.32 Å². The zero-order valence-electron chi connectivity index (χ0n) is 11.4. The molecule has 7 heteroatoms. The Kier molecular flexibility index (Phi) is 5.08. The number of hydrogen-bond acceptors (Lipinski definition) is 3. The van der Waals surface area contributed by atoms with E-state index in [1.807, 2.05) is 0 Å². The Morgan fingerprint density at radius 2 is 2.24 bits per heavy atom. The number of amides is 2. The lowest BCUT2D eigenvalue weighted by Gasteiger charge is -2.15. The van der Waals surface area contributed by atoms with Gasteiger partial charge in [0.05, 0.1) is 6.54 Å². The number of carbonyl (C=O) groups is 2. The second-order valence-corrected chi connectivity index (χ2v) is 4.70. The predicted molar refractivity (Wildman–Crippen MR) is 72.4 cm³/mol. The maximum absolute atomic E-state index is 12.1. The third-order valence-corrected chi connectivity index (χ3v) is 3.00. The summed E-state index contributed by atoms with van der Waals surface area (Å²) in [4.78, 5) is 24.7. The molecular weight excluding hydrogens is 282 g/mol. The third kappa shape index (κ3) is 4.70. The first kappa shape index (κ1) is 15.2. The minimum Gasteiger partial charge on any atom is -0.488 e. The van der Waals surface area contributed by atoms with Gasteiger partial charge in [0.15, 0.2) is 0 Å². The van der Waals surface area contributed by atoms with E-state index in [1.54, 1.807) is 12.1 Å². The molecule has 2 rings (SSSR count). The molecule has 0 aliphatic carbocycles. The van der Waals surface area contributed by atoms with E-state index in [0.717, 1.165) is 6.42 Å². The molecule has 0 spiro atoms. The second kappa shape index (κ2) is 7.01. The minimum absolute atomic E-state index is 0.000945. The van der Waals surface area contributed by atoms with Gasteiger partial charge < -0.3 is 15.0 Å². The molecule has 1 heterocycles. The normalized spacial score (nSPS) is 14.6. The average Bonchev–Trinajstić information content (AvgIpc) is 2.82. The van der Waals surface area contributed by atoms with Crippen molar-refractivity contribution in [1.29, 1.82) is 0 Å². The number of alkyl halides is 2. The summed E-state index contributed by atoms with van der Waals surface area (Å²) < 4.78 is 29.0. The first-order valence-corrected chi connectivity index (χ1v) is 6.63. The van der Waals surface area contributed by atoms with Gasteiger partial charge in [0, 0.05) is 24.7 Å². The second-order valence-electron chi connectivity index (χ2n) is 4.70. The maximum Gasteiger partial charge on any atom is 0.272 e. The SMILES string of the molecule is O=C(CN1CCCC1=O)Nc1cccc(OCC(F)F)c1. The van der Waals surface area contributed by atoms with Crippen LogP contribution in [0.25, 0.3) is 0 Å². The van der Waals surface area contributed by atoms with Crippen molar-refractivity contribution in [3.8, 4) is 5.75 Å². The number of ether oxygens (including phenoxy) is 1. The maximum atomic E-state index is 12.1. The van der Waals surface area contributed by atoms with Gasteiger partial charge in [-0.1, -0.05) is 6.07 Å². The number of nitrogens with zero attached hydrogens (tertiary/aromatic N) is 1. The zero-order valence-corrected chi connectivity index (χ0v) is 11.4. The summed E-state index contributed by atoms with van der Waals surface area (Å²) in [6.45, 7) is -0.107. The number of anilines is 1. The molecule has 0 atom stereocenters. The Morgan fingerprint density at radius 1 is 1.43 bits per heavy atom. The molecular formula is C14H16F2N2O3. The van der Waals surface area contributed by atoms with Crippen molar-refractivity contribution in [2.45, 2.75) is 19.3 Å². The molecule has 114 valence electrons. The first-order chi connectivity index (χ1) is 10.0. The van der Waals surface area contributed by atoms with Gasteiger partial charge in [-0.2, -0.15) is 0 Å². The van der Waals surface area contributed by atoms with Gasteiger partial charge in [-0.3, -0.25) is 9.59 Å². The molecule has 1 fully saturated rings. The van der Waals surface area contributed by atoms with Crippen molar-refractivity contribution in [3.63, 3.8) is 0 Å². The summed E-state index contributed by atoms with van der Waals surface area (Å²) in [5.74, 6) is -0.0965. The number of likely N-dealkylation sites (tertiary alicyclic amines) is 1. The zero-order chi connectivity index (χ0) is 15.2. The van der Waals surface area contributed by atoms with Crippen LogP contribution < -0.4 is 10.1 Å². The lowest BCUT2D eigenvalue weighted by molar-refractivity contribution is -0.131. The van der Waals surface area contributed by atoms with E-state index in [1.165, 1.54) is 17.0 Å². The molecule has 21 heavy (non-hydrogen) atoms. The summed E-state index contributed by atoms with van der Waals surface area (Å²) >= 11 is 0. The molecule has 0 radical (unpaired) electrons. The number of nitrogens with one attached hydrogen (secondary N) is 1. The van der Waals surface area contributed by atoms with Gasteiger partial charge in [0.1, 0.15) is 12.4 Å². The van der Waals surface area contributed by atoms with E-state index in [9.17, 15) is 18.4 Å². The lowest BCUT2D eigenvalue weighted by Crippen LogP contribution is -2.33. The summed E-state index contributed by atoms with van der Waals surface area (Å²) in [6.07, 6.45) is -1.31. The Hall–Kier alpha value is -2.18. The minimum atomic E-state index is -2.55. The summed E-state index contributed by atoms with van der Waals surface area (Å²) in [6, 6.07) is 6.21. The van der Waals surface area contributed by atoms with Crippen molar-refractivity contribution in [2.24, 2.45) is 0 Å². The quantitative estimate of drug-likeness (QED) is 0.872. The highest BCUT2D eigenvalue weighted by molar-refractivity contribution is 5.95. The number of hydrogen-bond donors (Lipinski definition) is 1. The fraction of sp³-hybridized carbons (Fsp3) is 0.429. The van der Waals surface area contributed by atoms with Crippen LogP contribution in [0.15, 0.2) is 24.3 Å². The van der Waals surface area contributed by atoms with Gasteiger partial charge in [0.25, 0.3) is 6.43 Å². The van der Waals surface area contributed by atoms with Gasteiger partial charge in [-0.05, 0) is 18.6 Å². The molecule has 1 N–H and O–H groups in total. The van der Waals surface area contributed by atoms with Crippen LogP contribution in [0.5, 0.6) is 5.75 Å². The predicted octanol–water partition coefficient (Wildman–Crippen LogP) is 1.89. The van der Waals surface area contributed by atoms with Crippen molar-refractivity contribution < 1.29 is 23.1 Å². The summed E-state index contributed by atoms with van der Waals surface area (Å²) in [5, 5.41) is 2.62. The summed E-state index contributed by atoms with van der Waals surface area (Å²) in [7, 11) is 0. The van der Waals surface area contributed by atoms with Crippen LogP contribution in [-0.4, -0.2) is 42.8 Å². The van der Waals surface area contributed by atoms with E-state index in [-0.39, 0.29) is 24.1 Å². The molecule has 0 unspecified atom stereocenters. The van der Waals surface area contributed by atoms with Gasteiger partial charge in [-0.15, -0.1) is 0 Å². The number of benzene rings is 1. The van der Waals surface area contributed by atoms with Crippen molar-refractivity contribution in [1.82, 2.24) is 4.90 Å². The average molecular weight is 298 g/mol. The van der Waals surface area contributed by atoms with Crippen LogP contribution in [0.4, 0.5) is 14.5 Å². The Morgan fingerprint density at radius 3 is 2.90 bits per heavy atom. The molecule has 1 aromatic carbocycles. The Bertz CT molecular complexity index is 523. The van der Waals surface area contributed by atoms with Crippen LogP contribution >= 0.6 is 0 Å². The standard InChI is InChI=1S/C14H16F2N2O3/c15-12(16)9-21-11-4-1-3-10(7-11)17-13(19)8-18-6-2-5-14(18)20/h1,3-4,7,12H,2,5-6,8-9H2,(H,17,19). The van der Waals surface area contributed by atoms with Crippen LogP contribution in [0.3, 0.4) is 0 Å². The first-order valence-electron chi connectivity index (χ1n) is 6.63. The molecule has 1 aliphatic heterocycles. The Balaban J connectivity index is 1.88. The smallest absolute Gasteiger partial charge is 0.272 e. The molecule has 0 aromatic heterocycles. The monoisotopic (exact) mass is 298 g/mol. The van der Waals surface area contributed by atoms with Crippen molar-refractivity contribution in [2.75, 3.05) is 25.0 Å². The largest absolute Gasteiger partial charge is 0.488 e. The van der Waals surface area contributed by atoms with E-state index in [4.69, 9.17) is 4.74 Å². The number of carbonyl (C=O) groups excluding carboxylic acids is 2. The molecule has 1 aromatic rings. The van der Waals surface area contributed by atoms with Crippen LogP contribution in [0.2, 0.25) is 0 Å². The lowest BCUT2D eigenvalue weighted by atomic mass is 10.3. The van der Waals surface area contributed by atoms with E-state index >= 15 is 0 Å². The number of rotatable bonds is 6. The van der Waals surface area contributed by atoms with Crippen molar-refractivity contribution in [3.05, 3.63) is 24.3 Å². The topological polar surface area (TPSA) is 58.6 Å². The summed E-state index contributed by atoms with van der Waals surface area (Å²) in [5.41, 5.74) is 0.443. The molecule has 0 bridgehead atoms. The molecule has 1 aliphatic rings. The van der Waals surface area contributed by atoms with Crippen LogP contribution in [0, 0.1) is 0 Å². The molecule has 5 nitrogen and oxygen atoms in total. The third-order valence-electron chi connectivity index (χ3n) is 3.00. The van der Waals surface area contributed by atoms with Crippen LogP contribution in [-0.2, 0) is 9.59 Å². The number of halogens is 2. The van der Waals surface area contributed by atoms with Gasteiger partial charge in [-0.25, -0.2) is 8.78 Å². The highest BCUT2D eigenvalue weighted by Gasteiger charge is 2.22. The van der Waals surface area contributed by atoms with Gasteiger partial charge >= 0.3 is 0 Å². The van der Waals surface area contributed by atoms with Crippen LogP contribution in [0.1, 0.15) is 12.8 Å². The fourth-order valence-corrected chi connectivity index (χ4v) is 2.07. The molecule has 1 saturated heterocycles. The molecule has 0 saturated carbocycles. The van der Waals surface area contributed by atoms with E-state index < -0.39 is 13.0 Å². The fourth-order valence-electron chi connectivity index (χ4n) is 2.07. The molecule has 2 amide bonds. The highest BCUT2D eigenvalue weighted by atomic mass is 19.3. The van der Waals surface area contributed by atoms with Gasteiger partial charge in [0.2, 0.25) is 11.8 Å². The highest BCUT2D eigenvalue weighted by Crippen LogP contribution is 2.18.